The Morgan fingerprint density at radius 1 is 1.14 bits per heavy atom. The SMILES string of the molecule is CCNC(c1cc(C)c(C)cc1Cl)c1cc(Br)ccc1I. The summed E-state index contributed by atoms with van der Waals surface area (Å²) in [6.45, 7) is 7.23. The molecule has 0 radical (unpaired) electrons. The second-order valence-corrected chi connectivity index (χ2v) is 7.60. The highest BCUT2D eigenvalue weighted by Crippen LogP contribution is 2.34. The maximum Gasteiger partial charge on any atom is 0.0602 e. The van der Waals surface area contributed by atoms with Crippen molar-refractivity contribution < 1.29 is 0 Å². The zero-order chi connectivity index (χ0) is 15.6. The van der Waals surface area contributed by atoms with Gasteiger partial charge in [-0.1, -0.05) is 40.5 Å². The van der Waals surface area contributed by atoms with E-state index in [-0.39, 0.29) is 6.04 Å². The van der Waals surface area contributed by atoms with Crippen LogP contribution in [0.1, 0.15) is 35.2 Å². The van der Waals surface area contributed by atoms with Crippen LogP contribution in [0.25, 0.3) is 0 Å². The van der Waals surface area contributed by atoms with Crippen LogP contribution >= 0.6 is 50.1 Å². The zero-order valence-corrected chi connectivity index (χ0v) is 16.8. The summed E-state index contributed by atoms with van der Waals surface area (Å²) in [7, 11) is 0. The van der Waals surface area contributed by atoms with Gasteiger partial charge in [-0.25, -0.2) is 0 Å². The van der Waals surface area contributed by atoms with Crippen molar-refractivity contribution in [1.82, 2.24) is 5.32 Å². The fourth-order valence-electron chi connectivity index (χ4n) is 2.35. The van der Waals surface area contributed by atoms with Gasteiger partial charge in [-0.15, -0.1) is 0 Å². The highest BCUT2D eigenvalue weighted by molar-refractivity contribution is 14.1. The largest absolute Gasteiger partial charge is 0.306 e. The molecule has 1 atom stereocenters. The molecule has 4 heteroatoms. The van der Waals surface area contributed by atoms with Crippen LogP contribution in [0.3, 0.4) is 0 Å². The van der Waals surface area contributed by atoms with Crippen LogP contribution in [-0.2, 0) is 0 Å². The molecule has 21 heavy (non-hydrogen) atoms. The Morgan fingerprint density at radius 3 is 2.48 bits per heavy atom. The van der Waals surface area contributed by atoms with Gasteiger partial charge in [0.1, 0.15) is 0 Å². The number of rotatable bonds is 4. The van der Waals surface area contributed by atoms with Crippen molar-refractivity contribution >= 4 is 50.1 Å². The minimum absolute atomic E-state index is 0.103. The van der Waals surface area contributed by atoms with Crippen LogP contribution in [-0.4, -0.2) is 6.54 Å². The molecular formula is C17H18BrClIN. The van der Waals surface area contributed by atoms with Crippen LogP contribution < -0.4 is 5.32 Å². The average molecular weight is 479 g/mol. The highest BCUT2D eigenvalue weighted by atomic mass is 127. The maximum atomic E-state index is 6.52. The molecule has 0 aliphatic heterocycles. The number of aryl methyl sites for hydroxylation is 2. The smallest absolute Gasteiger partial charge is 0.0602 e. The molecule has 0 spiro atoms. The molecular weight excluding hydrogens is 460 g/mol. The second kappa shape index (κ2) is 7.44. The third-order valence-electron chi connectivity index (χ3n) is 3.60. The van der Waals surface area contributed by atoms with Crippen molar-refractivity contribution in [2.75, 3.05) is 6.54 Å². The summed E-state index contributed by atoms with van der Waals surface area (Å²) in [5.41, 5.74) is 4.87. The lowest BCUT2D eigenvalue weighted by atomic mass is 9.95. The lowest BCUT2D eigenvalue weighted by Gasteiger charge is -2.23. The molecule has 0 heterocycles. The van der Waals surface area contributed by atoms with Gasteiger partial charge < -0.3 is 5.32 Å². The standard InChI is InChI=1S/C17H18BrClIN/c1-4-21-17(14-9-12(18)5-6-16(14)20)13-7-10(2)11(3)8-15(13)19/h5-9,17,21H,4H2,1-3H3. The Hall–Kier alpha value is -0.100. The average Bonchev–Trinajstić information content (AvgIpc) is 2.43. The fraction of sp³-hybridized carbons (Fsp3) is 0.294. The van der Waals surface area contributed by atoms with E-state index in [2.05, 4.69) is 94.9 Å². The van der Waals surface area contributed by atoms with E-state index in [9.17, 15) is 0 Å². The third kappa shape index (κ3) is 4.01. The first-order valence-electron chi connectivity index (χ1n) is 6.89. The van der Waals surface area contributed by atoms with Crippen molar-refractivity contribution in [3.63, 3.8) is 0 Å². The van der Waals surface area contributed by atoms with E-state index >= 15 is 0 Å². The quantitative estimate of drug-likeness (QED) is 0.530. The van der Waals surface area contributed by atoms with E-state index in [0.717, 1.165) is 21.6 Å². The predicted octanol–water partition coefficient (Wildman–Crippen LogP) is 6.02. The minimum Gasteiger partial charge on any atom is -0.306 e. The molecule has 1 N–H and O–H groups in total. The number of nitrogens with one attached hydrogen (secondary N) is 1. The van der Waals surface area contributed by atoms with Crippen LogP contribution in [0.2, 0.25) is 5.02 Å². The van der Waals surface area contributed by atoms with E-state index < -0.39 is 0 Å². The molecule has 0 amide bonds. The molecule has 0 aromatic heterocycles. The molecule has 0 bridgehead atoms. The molecule has 2 rings (SSSR count). The van der Waals surface area contributed by atoms with Gasteiger partial charge in [-0.05, 0) is 89.5 Å². The fourth-order valence-corrected chi connectivity index (χ4v) is 3.70. The third-order valence-corrected chi connectivity index (χ3v) is 5.40. The molecule has 1 nitrogen and oxygen atoms in total. The monoisotopic (exact) mass is 477 g/mol. The molecule has 112 valence electrons. The second-order valence-electron chi connectivity index (χ2n) is 5.11. The van der Waals surface area contributed by atoms with Gasteiger partial charge in [0.15, 0.2) is 0 Å². The number of benzene rings is 2. The van der Waals surface area contributed by atoms with Crippen molar-refractivity contribution in [3.8, 4) is 0 Å². The molecule has 0 saturated heterocycles. The van der Waals surface area contributed by atoms with Gasteiger partial charge in [0, 0.05) is 13.1 Å². The Balaban J connectivity index is 2.58. The first kappa shape index (κ1) is 17.3. The van der Waals surface area contributed by atoms with E-state index in [0.29, 0.717) is 0 Å². The van der Waals surface area contributed by atoms with Gasteiger partial charge >= 0.3 is 0 Å². The van der Waals surface area contributed by atoms with E-state index in [1.54, 1.807) is 0 Å². The highest BCUT2D eigenvalue weighted by Gasteiger charge is 2.19. The number of halogens is 3. The molecule has 0 saturated carbocycles. The van der Waals surface area contributed by atoms with Gasteiger partial charge in [-0.3, -0.25) is 0 Å². The molecule has 2 aromatic carbocycles. The summed E-state index contributed by atoms with van der Waals surface area (Å²) in [5.74, 6) is 0. The number of hydrogen-bond acceptors (Lipinski definition) is 1. The maximum absolute atomic E-state index is 6.52. The molecule has 0 fully saturated rings. The Labute approximate surface area is 153 Å². The number of hydrogen-bond donors (Lipinski definition) is 1. The van der Waals surface area contributed by atoms with Crippen LogP contribution in [0.5, 0.6) is 0 Å². The normalized spacial score (nSPS) is 12.5. The molecule has 1 unspecified atom stereocenters. The van der Waals surface area contributed by atoms with Crippen LogP contribution in [0, 0.1) is 17.4 Å². The van der Waals surface area contributed by atoms with Crippen molar-refractivity contribution in [1.29, 1.82) is 0 Å². The summed E-state index contributed by atoms with van der Waals surface area (Å²) in [6, 6.07) is 10.7. The molecule has 2 aromatic rings. The first-order valence-corrected chi connectivity index (χ1v) is 9.14. The Kier molecular flexibility index (Phi) is 6.12. The lowest BCUT2D eigenvalue weighted by Crippen LogP contribution is -2.23. The van der Waals surface area contributed by atoms with Gasteiger partial charge in [0.25, 0.3) is 0 Å². The van der Waals surface area contributed by atoms with Gasteiger partial charge in [-0.2, -0.15) is 0 Å². The van der Waals surface area contributed by atoms with E-state index in [4.69, 9.17) is 11.6 Å². The first-order chi connectivity index (χ1) is 9.93. The summed E-state index contributed by atoms with van der Waals surface area (Å²) < 4.78 is 2.32. The minimum atomic E-state index is 0.103. The molecule has 0 aliphatic carbocycles. The zero-order valence-electron chi connectivity index (χ0n) is 12.3. The summed E-state index contributed by atoms with van der Waals surface area (Å²) in [4.78, 5) is 0. The summed E-state index contributed by atoms with van der Waals surface area (Å²) >= 11 is 12.5. The van der Waals surface area contributed by atoms with Gasteiger partial charge in [0.2, 0.25) is 0 Å². The summed E-state index contributed by atoms with van der Waals surface area (Å²) in [6.07, 6.45) is 0. The van der Waals surface area contributed by atoms with Crippen molar-refractivity contribution in [2.24, 2.45) is 0 Å². The van der Waals surface area contributed by atoms with Crippen molar-refractivity contribution in [2.45, 2.75) is 26.8 Å². The van der Waals surface area contributed by atoms with Crippen LogP contribution in [0.4, 0.5) is 0 Å². The van der Waals surface area contributed by atoms with E-state index in [1.807, 2.05) is 0 Å². The Bertz CT molecular complexity index is 657. The molecule has 0 aliphatic rings. The predicted molar refractivity (Wildman–Crippen MR) is 103 cm³/mol. The Morgan fingerprint density at radius 2 is 1.81 bits per heavy atom. The topological polar surface area (TPSA) is 12.0 Å². The lowest BCUT2D eigenvalue weighted by molar-refractivity contribution is 0.627. The summed E-state index contributed by atoms with van der Waals surface area (Å²) in [5, 5.41) is 4.38. The van der Waals surface area contributed by atoms with Crippen molar-refractivity contribution in [3.05, 3.63) is 65.7 Å². The van der Waals surface area contributed by atoms with E-state index in [1.165, 1.54) is 20.3 Å². The van der Waals surface area contributed by atoms with Gasteiger partial charge in [0.05, 0.1) is 6.04 Å². The van der Waals surface area contributed by atoms with Crippen LogP contribution in [0.15, 0.2) is 34.8 Å².